The van der Waals surface area contributed by atoms with Crippen LogP contribution in [0.4, 0.5) is 0 Å². The molecule has 0 aromatic heterocycles. The third-order valence-electron chi connectivity index (χ3n) is 3.32. The van der Waals surface area contributed by atoms with Crippen LogP contribution in [0.2, 0.25) is 6.55 Å². The fourth-order valence-corrected chi connectivity index (χ4v) is 4.28. The zero-order chi connectivity index (χ0) is 14.2. The average Bonchev–Trinajstić information content (AvgIpc) is 2.40. The monoisotopic (exact) mass is 287 g/mol. The molecular formula is C13H25NO2SSi. The van der Waals surface area contributed by atoms with E-state index in [-0.39, 0.29) is 17.9 Å². The number of aliphatic hydroxyl groups excluding tert-OH is 2. The smallest absolute Gasteiger partial charge is 0.108 e. The largest absolute Gasteiger partial charge is 0.518 e. The molecule has 0 aliphatic rings. The van der Waals surface area contributed by atoms with Crippen LogP contribution in [0.25, 0.3) is 0 Å². The van der Waals surface area contributed by atoms with Gasteiger partial charge in [-0.05, 0) is 6.42 Å². The molecule has 0 saturated heterocycles. The third-order valence-corrected chi connectivity index (χ3v) is 7.52. The molecule has 0 fully saturated rings. The molecule has 3 nitrogen and oxygen atoms in total. The first-order valence-corrected chi connectivity index (χ1v) is 9.02. The Morgan fingerprint density at radius 1 is 1.44 bits per heavy atom. The lowest BCUT2D eigenvalue weighted by Gasteiger charge is -2.23. The predicted octanol–water partition coefficient (Wildman–Crippen LogP) is 2.53. The highest BCUT2D eigenvalue weighted by Gasteiger charge is 2.31. The molecule has 18 heavy (non-hydrogen) atoms. The summed E-state index contributed by atoms with van der Waals surface area (Å²) in [5.41, 5.74) is 0. The second kappa shape index (κ2) is 8.73. The van der Waals surface area contributed by atoms with E-state index in [1.54, 1.807) is 6.92 Å². The minimum absolute atomic E-state index is 0.0844. The Labute approximate surface area is 117 Å². The van der Waals surface area contributed by atoms with Crippen LogP contribution in [-0.4, -0.2) is 35.0 Å². The summed E-state index contributed by atoms with van der Waals surface area (Å²) in [6, 6.07) is 2.26. The van der Waals surface area contributed by atoms with Gasteiger partial charge in [0.2, 0.25) is 0 Å². The lowest BCUT2D eigenvalue weighted by molar-refractivity contribution is 0.259. The van der Waals surface area contributed by atoms with Crippen LogP contribution in [0.5, 0.6) is 0 Å². The number of hydrogen-bond donors (Lipinski definition) is 3. The van der Waals surface area contributed by atoms with E-state index < -0.39 is 12.8 Å². The lowest BCUT2D eigenvalue weighted by Crippen LogP contribution is -2.39. The maximum atomic E-state index is 10.1. The first-order valence-electron chi connectivity index (χ1n) is 6.57. The van der Waals surface area contributed by atoms with Gasteiger partial charge in [0.1, 0.15) is 4.37 Å². The summed E-state index contributed by atoms with van der Waals surface area (Å²) in [4.78, 5) is 0. The number of unbranched alkanes of at least 4 members (excludes halogenated alkanes) is 3. The molecule has 0 aromatic rings. The van der Waals surface area contributed by atoms with Crippen molar-refractivity contribution in [1.82, 2.24) is 0 Å². The van der Waals surface area contributed by atoms with E-state index in [1.807, 2.05) is 6.55 Å². The van der Waals surface area contributed by atoms with Crippen LogP contribution in [-0.2, 0) is 0 Å². The summed E-state index contributed by atoms with van der Waals surface area (Å²) in [6.07, 6.45) is 5.11. The third kappa shape index (κ3) is 5.13. The van der Waals surface area contributed by atoms with Gasteiger partial charge in [-0.1, -0.05) is 46.1 Å². The van der Waals surface area contributed by atoms with Crippen molar-refractivity contribution < 1.29 is 10.2 Å². The molecule has 5 heteroatoms. The molecule has 0 radical (unpaired) electrons. The van der Waals surface area contributed by atoms with Gasteiger partial charge in [0.05, 0.1) is 26.4 Å². The molecule has 0 aliphatic heterocycles. The van der Waals surface area contributed by atoms with Gasteiger partial charge < -0.3 is 10.2 Å². The van der Waals surface area contributed by atoms with E-state index in [4.69, 9.17) is 5.11 Å². The molecule has 0 rings (SSSR count). The molecule has 0 amide bonds. The molecule has 0 saturated carbocycles. The lowest BCUT2D eigenvalue weighted by atomic mass is 10.1. The minimum Gasteiger partial charge on any atom is -0.518 e. The van der Waals surface area contributed by atoms with E-state index in [1.165, 1.54) is 6.42 Å². The van der Waals surface area contributed by atoms with Crippen molar-refractivity contribution in [2.24, 2.45) is 5.92 Å². The van der Waals surface area contributed by atoms with Crippen molar-refractivity contribution >= 4 is 26.4 Å². The molecule has 104 valence electrons. The van der Waals surface area contributed by atoms with Crippen LogP contribution in [0, 0.1) is 17.2 Å². The van der Waals surface area contributed by atoms with Crippen molar-refractivity contribution in [2.45, 2.75) is 56.9 Å². The molecule has 2 unspecified atom stereocenters. The molecule has 0 aromatic carbocycles. The Balaban J connectivity index is 4.77. The first-order chi connectivity index (χ1) is 8.42. The summed E-state index contributed by atoms with van der Waals surface area (Å²) in [6.45, 7) is 5.74. The quantitative estimate of drug-likeness (QED) is 0.365. The van der Waals surface area contributed by atoms with Gasteiger partial charge in [0.25, 0.3) is 0 Å². The van der Waals surface area contributed by atoms with Crippen molar-refractivity contribution in [1.29, 1.82) is 5.26 Å². The topological polar surface area (TPSA) is 64.2 Å². The van der Waals surface area contributed by atoms with E-state index >= 15 is 0 Å². The van der Waals surface area contributed by atoms with Crippen molar-refractivity contribution in [3.8, 4) is 6.07 Å². The SMILES string of the molecule is CCCCCCC(S)(C#N)/[Si](C)=C(\O)C(C)CO. The van der Waals surface area contributed by atoms with Crippen molar-refractivity contribution in [2.75, 3.05) is 6.61 Å². The molecule has 0 bridgehead atoms. The van der Waals surface area contributed by atoms with Crippen molar-refractivity contribution in [3.63, 3.8) is 0 Å². The Morgan fingerprint density at radius 3 is 2.50 bits per heavy atom. The number of nitrogens with zero attached hydrogens (tertiary/aromatic N) is 1. The second-order valence-corrected chi connectivity index (χ2v) is 8.68. The van der Waals surface area contributed by atoms with Crippen LogP contribution >= 0.6 is 12.6 Å². The standard InChI is InChI=1S/C13H25NO2SSi/c1-4-5-6-7-8-13(17,10-14)18(3)12(16)11(2)9-15/h11,15-17H,4-9H2,1-3H3/b18-12-. The van der Waals surface area contributed by atoms with Gasteiger partial charge >= 0.3 is 0 Å². The van der Waals surface area contributed by atoms with Crippen LogP contribution in [0.3, 0.4) is 0 Å². The highest BCUT2D eigenvalue weighted by atomic mass is 32.1. The number of nitriles is 1. The summed E-state index contributed by atoms with van der Waals surface area (Å²) in [7, 11) is -1.44. The van der Waals surface area contributed by atoms with E-state index in [2.05, 4.69) is 25.6 Å². The zero-order valence-electron chi connectivity index (χ0n) is 11.6. The summed E-state index contributed by atoms with van der Waals surface area (Å²) < 4.78 is -0.744. The van der Waals surface area contributed by atoms with E-state index in [0.29, 0.717) is 6.42 Å². The van der Waals surface area contributed by atoms with Gasteiger partial charge in [-0.3, -0.25) is 0 Å². The molecule has 0 aliphatic carbocycles. The van der Waals surface area contributed by atoms with Gasteiger partial charge in [0.15, 0.2) is 0 Å². The number of rotatable bonds is 8. The van der Waals surface area contributed by atoms with Gasteiger partial charge in [0, 0.05) is 5.92 Å². The molecule has 2 atom stereocenters. The van der Waals surface area contributed by atoms with Gasteiger partial charge in [-0.25, -0.2) is 0 Å². The number of hydrogen-bond acceptors (Lipinski definition) is 4. The van der Waals surface area contributed by atoms with Crippen LogP contribution in [0.15, 0.2) is 0 Å². The first kappa shape index (κ1) is 17.7. The van der Waals surface area contributed by atoms with Gasteiger partial charge in [-0.15, -0.1) is 0 Å². The highest BCUT2D eigenvalue weighted by molar-refractivity contribution is 7.84. The van der Waals surface area contributed by atoms with Crippen LogP contribution < -0.4 is 0 Å². The summed E-state index contributed by atoms with van der Waals surface area (Å²) in [5.74, 6) is -0.264. The Morgan fingerprint density at radius 2 is 2.06 bits per heavy atom. The Bertz CT molecular complexity index is 327. The maximum absolute atomic E-state index is 10.1. The fourth-order valence-electron chi connectivity index (χ4n) is 1.80. The second-order valence-electron chi connectivity index (χ2n) is 4.88. The number of aliphatic hydroxyl groups is 2. The molecule has 2 N–H and O–H groups in total. The van der Waals surface area contributed by atoms with Gasteiger partial charge in [-0.2, -0.15) is 17.9 Å². The molecular weight excluding hydrogens is 262 g/mol. The van der Waals surface area contributed by atoms with Crippen molar-refractivity contribution in [3.05, 3.63) is 0 Å². The summed E-state index contributed by atoms with van der Waals surface area (Å²) >= 11 is 4.51. The van der Waals surface area contributed by atoms with E-state index in [9.17, 15) is 10.4 Å². The molecule has 0 heterocycles. The van der Waals surface area contributed by atoms with E-state index in [0.717, 1.165) is 19.3 Å². The highest BCUT2D eigenvalue weighted by Crippen LogP contribution is 2.24. The fraction of sp³-hybridized carbons (Fsp3) is 0.846. The average molecular weight is 288 g/mol. The minimum atomic E-state index is -1.44. The van der Waals surface area contributed by atoms with Crippen LogP contribution in [0.1, 0.15) is 46.0 Å². The zero-order valence-corrected chi connectivity index (χ0v) is 13.5. The maximum Gasteiger partial charge on any atom is 0.108 e. The molecule has 0 spiro atoms. The Kier molecular flexibility index (Phi) is 8.58. The Hall–Kier alpha value is -0.313. The predicted molar refractivity (Wildman–Crippen MR) is 80.9 cm³/mol. The number of thiol groups is 1. The normalized spacial score (nSPS) is 17.6. The summed E-state index contributed by atoms with van der Waals surface area (Å²) in [5, 5.41) is 28.7.